The zero-order chi connectivity index (χ0) is 14.1. The molecule has 8 heteroatoms. The lowest BCUT2D eigenvalue weighted by Gasteiger charge is -2.14. The largest absolute Gasteiger partial charge is 0.433 e. The fourth-order valence-corrected chi connectivity index (χ4v) is 1.55. The van der Waals surface area contributed by atoms with E-state index in [1.54, 1.807) is 0 Å². The maximum atomic E-state index is 12.5. The molecule has 0 unspecified atom stereocenters. The van der Waals surface area contributed by atoms with Crippen LogP contribution in [0.1, 0.15) is 5.56 Å². The van der Waals surface area contributed by atoms with Gasteiger partial charge in [-0.2, -0.15) is 13.2 Å². The van der Waals surface area contributed by atoms with E-state index in [4.69, 9.17) is 40.1 Å². The van der Waals surface area contributed by atoms with Gasteiger partial charge in [0.05, 0.1) is 15.6 Å². The number of halogens is 5. The summed E-state index contributed by atoms with van der Waals surface area (Å²) in [6, 6.07) is 3.72. The van der Waals surface area contributed by atoms with Crippen molar-refractivity contribution in [2.24, 2.45) is 11.5 Å². The van der Waals surface area contributed by atoms with Crippen LogP contribution in [0.4, 0.5) is 13.2 Å². The van der Waals surface area contributed by atoms with Gasteiger partial charge >= 0.3 is 6.18 Å². The van der Waals surface area contributed by atoms with Gasteiger partial charge in [0, 0.05) is 0 Å². The molecule has 0 bridgehead atoms. The highest BCUT2D eigenvalue weighted by Gasteiger charge is 2.38. The molecule has 0 aliphatic heterocycles. The molecule has 3 nitrogen and oxygen atoms in total. The molecule has 0 radical (unpaired) electrons. The molecule has 0 heterocycles. The third-order valence-corrected chi connectivity index (χ3v) is 2.77. The van der Waals surface area contributed by atoms with Gasteiger partial charge in [-0.25, -0.2) is 0 Å². The van der Waals surface area contributed by atoms with Crippen molar-refractivity contribution in [3.05, 3.63) is 39.6 Å². The Bertz CT molecular complexity index is 520. The number of benzene rings is 1. The topological polar surface area (TPSA) is 75.9 Å². The second-order valence-corrected chi connectivity index (χ2v) is 4.15. The summed E-state index contributed by atoms with van der Waals surface area (Å²) in [4.78, 5) is 0. The normalized spacial score (nSPS) is 11.2. The molecule has 5 N–H and O–H groups in total. The summed E-state index contributed by atoms with van der Waals surface area (Å²) in [6.07, 6.45) is -4.86. The van der Waals surface area contributed by atoms with Gasteiger partial charge in [0.25, 0.3) is 0 Å². The Morgan fingerprint density at radius 1 is 1.11 bits per heavy atom. The fourth-order valence-electron chi connectivity index (χ4n) is 1.25. The van der Waals surface area contributed by atoms with Crippen molar-refractivity contribution in [2.45, 2.75) is 6.18 Å². The second kappa shape index (κ2) is 5.07. The number of hydrogen-bond acceptors (Lipinski definition) is 3. The molecule has 98 valence electrons. The summed E-state index contributed by atoms with van der Waals surface area (Å²) in [6.45, 7) is 0. The first-order valence-electron chi connectivity index (χ1n) is 4.51. The van der Waals surface area contributed by atoms with E-state index < -0.39 is 23.3 Å². The van der Waals surface area contributed by atoms with Crippen molar-refractivity contribution in [1.82, 2.24) is 0 Å². The van der Waals surface area contributed by atoms with E-state index in [1.807, 2.05) is 0 Å². The Kier molecular flexibility index (Phi) is 4.13. The number of allylic oxidation sites excluding steroid dienone is 1. The molecule has 18 heavy (non-hydrogen) atoms. The number of hydrogen-bond donors (Lipinski definition) is 3. The van der Waals surface area contributed by atoms with Crippen LogP contribution in [0, 0.1) is 5.41 Å². The first-order valence-corrected chi connectivity index (χ1v) is 5.27. The maximum Gasteiger partial charge on any atom is 0.433 e. The van der Waals surface area contributed by atoms with Gasteiger partial charge < -0.3 is 11.5 Å². The number of nitrogens with two attached hydrogens (primary N) is 2. The summed E-state index contributed by atoms with van der Waals surface area (Å²) in [5, 5.41) is 7.29. The molecule has 0 aliphatic rings. The number of nitrogens with one attached hydrogen (secondary N) is 1. The van der Waals surface area contributed by atoms with Crippen molar-refractivity contribution < 1.29 is 13.2 Å². The third-order valence-electron chi connectivity index (χ3n) is 2.03. The molecular formula is C10H8Cl2F3N3. The van der Waals surface area contributed by atoms with Crippen molar-refractivity contribution in [3.8, 4) is 0 Å². The second-order valence-electron chi connectivity index (χ2n) is 3.33. The summed E-state index contributed by atoms with van der Waals surface area (Å²) >= 11 is 11.3. The highest BCUT2D eigenvalue weighted by Crippen LogP contribution is 2.31. The minimum absolute atomic E-state index is 0.0216. The highest BCUT2D eigenvalue weighted by atomic mass is 35.5. The van der Waals surface area contributed by atoms with Crippen LogP contribution in [-0.2, 0) is 0 Å². The average Bonchev–Trinajstić information content (AvgIpc) is 2.21. The lowest BCUT2D eigenvalue weighted by Crippen LogP contribution is -2.27. The molecule has 0 saturated heterocycles. The molecule has 1 rings (SSSR count). The van der Waals surface area contributed by atoms with Crippen LogP contribution in [0.5, 0.6) is 0 Å². The molecule has 0 fully saturated rings. The van der Waals surface area contributed by atoms with Crippen LogP contribution >= 0.6 is 23.2 Å². The minimum atomic E-state index is -4.86. The first-order chi connectivity index (χ1) is 8.14. The van der Waals surface area contributed by atoms with Gasteiger partial charge in [-0.1, -0.05) is 29.3 Å². The average molecular weight is 298 g/mol. The standard InChI is InChI=1S/C10H8Cl2F3N3/c11-5-2-1-4(3-6(5)12)7(9(17)18)8(16)10(13,14)15/h1-3,16H,17-18H2. The molecule has 0 aliphatic carbocycles. The molecular weight excluding hydrogens is 290 g/mol. The van der Waals surface area contributed by atoms with Gasteiger partial charge in [0.1, 0.15) is 11.5 Å². The van der Waals surface area contributed by atoms with Gasteiger partial charge in [-0.15, -0.1) is 0 Å². The van der Waals surface area contributed by atoms with E-state index in [0.717, 1.165) is 0 Å². The molecule has 0 saturated carbocycles. The van der Waals surface area contributed by atoms with Gasteiger partial charge in [-0.05, 0) is 17.7 Å². The van der Waals surface area contributed by atoms with Crippen LogP contribution in [0.15, 0.2) is 24.0 Å². The van der Waals surface area contributed by atoms with E-state index >= 15 is 0 Å². The smallest absolute Gasteiger partial charge is 0.385 e. The van der Waals surface area contributed by atoms with Gasteiger partial charge in [0.2, 0.25) is 0 Å². The SMILES string of the molecule is N=C(C(=C(N)N)c1ccc(Cl)c(Cl)c1)C(F)(F)F. The zero-order valence-corrected chi connectivity index (χ0v) is 10.3. The summed E-state index contributed by atoms with van der Waals surface area (Å²) in [5.41, 5.74) is 8.11. The van der Waals surface area contributed by atoms with E-state index in [0.29, 0.717) is 0 Å². The van der Waals surface area contributed by atoms with Crippen LogP contribution < -0.4 is 11.5 Å². The quantitative estimate of drug-likeness (QED) is 0.733. The highest BCUT2D eigenvalue weighted by molar-refractivity contribution is 6.42. The first kappa shape index (κ1) is 14.7. The monoisotopic (exact) mass is 297 g/mol. The van der Waals surface area contributed by atoms with E-state index in [9.17, 15) is 13.2 Å². The van der Waals surface area contributed by atoms with E-state index in [-0.39, 0.29) is 15.6 Å². The minimum Gasteiger partial charge on any atom is -0.385 e. The predicted molar refractivity (Wildman–Crippen MR) is 65.5 cm³/mol. The van der Waals surface area contributed by atoms with Crippen molar-refractivity contribution in [1.29, 1.82) is 5.41 Å². The molecule has 0 amide bonds. The zero-order valence-electron chi connectivity index (χ0n) is 8.78. The summed E-state index contributed by atoms with van der Waals surface area (Å²) in [7, 11) is 0. The van der Waals surface area contributed by atoms with Crippen molar-refractivity contribution in [3.63, 3.8) is 0 Å². The van der Waals surface area contributed by atoms with Crippen molar-refractivity contribution in [2.75, 3.05) is 0 Å². The van der Waals surface area contributed by atoms with Crippen molar-refractivity contribution >= 4 is 34.5 Å². The van der Waals surface area contributed by atoms with Crippen LogP contribution in [-0.4, -0.2) is 11.9 Å². The fraction of sp³-hybridized carbons (Fsp3) is 0.100. The molecule has 0 spiro atoms. The Morgan fingerprint density at radius 3 is 2.06 bits per heavy atom. The Labute approximate surface area is 111 Å². The molecule has 1 aromatic carbocycles. The maximum absolute atomic E-state index is 12.5. The van der Waals surface area contributed by atoms with Gasteiger partial charge in [0.15, 0.2) is 0 Å². The van der Waals surface area contributed by atoms with E-state index in [1.165, 1.54) is 18.2 Å². The van der Waals surface area contributed by atoms with Crippen LogP contribution in [0.2, 0.25) is 10.0 Å². The Morgan fingerprint density at radius 2 is 1.67 bits per heavy atom. The van der Waals surface area contributed by atoms with E-state index in [2.05, 4.69) is 0 Å². The lowest BCUT2D eigenvalue weighted by molar-refractivity contribution is -0.0578. The Hall–Kier alpha value is -1.40. The summed E-state index contributed by atoms with van der Waals surface area (Å²) < 4.78 is 37.5. The number of rotatable bonds is 2. The summed E-state index contributed by atoms with van der Waals surface area (Å²) in [5.74, 6) is -0.615. The lowest BCUT2D eigenvalue weighted by atomic mass is 10.0. The van der Waals surface area contributed by atoms with Crippen LogP contribution in [0.25, 0.3) is 5.57 Å². The van der Waals surface area contributed by atoms with Gasteiger partial charge in [-0.3, -0.25) is 5.41 Å². The predicted octanol–water partition coefficient (Wildman–Crippen LogP) is 3.16. The van der Waals surface area contributed by atoms with Crippen LogP contribution in [0.3, 0.4) is 0 Å². The Balaban J connectivity index is 3.36. The number of alkyl halides is 3. The molecule has 1 aromatic rings. The molecule has 0 aromatic heterocycles. The third kappa shape index (κ3) is 3.08. The molecule has 0 atom stereocenters.